The molecule has 0 aliphatic heterocycles. The van der Waals surface area contributed by atoms with E-state index in [1.165, 1.54) is 28.7 Å². The molecule has 2 aromatic carbocycles. The number of hydrogen-bond donors (Lipinski definition) is 0. The summed E-state index contributed by atoms with van der Waals surface area (Å²) in [6.07, 6.45) is 0. The van der Waals surface area contributed by atoms with Gasteiger partial charge in [-0.05, 0) is 36.8 Å². The number of ether oxygens (including phenoxy) is 1. The molecule has 0 spiro atoms. The zero-order chi connectivity index (χ0) is 21.8. The Morgan fingerprint density at radius 1 is 1.13 bits per heavy atom. The predicted octanol–water partition coefficient (Wildman–Crippen LogP) is 3.52. The largest absolute Gasteiger partial charge is 0.496 e. The van der Waals surface area contributed by atoms with Gasteiger partial charge in [0.05, 0.1) is 19.2 Å². The maximum atomic E-state index is 13.1. The molecule has 0 radical (unpaired) electrons. The second kappa shape index (κ2) is 9.04. The molecule has 1 aromatic heterocycles. The van der Waals surface area contributed by atoms with Crippen molar-refractivity contribution in [3.8, 4) is 5.75 Å². The molecule has 0 saturated heterocycles. The molecule has 3 rings (SSSR count). The van der Waals surface area contributed by atoms with Crippen molar-refractivity contribution in [2.75, 3.05) is 14.2 Å². The van der Waals surface area contributed by atoms with Crippen LogP contribution in [0.25, 0.3) is 0 Å². The van der Waals surface area contributed by atoms with Crippen LogP contribution in [0.2, 0.25) is 0 Å². The molecule has 0 N–H and O–H groups in total. The average molecular weight is 428 g/mol. The Balaban J connectivity index is 1.80. The second-order valence-electron chi connectivity index (χ2n) is 6.78. The van der Waals surface area contributed by atoms with Crippen LogP contribution >= 0.6 is 11.3 Å². The Morgan fingerprint density at radius 3 is 2.47 bits per heavy atom. The number of thiazole rings is 1. The van der Waals surface area contributed by atoms with E-state index < -0.39 is 0 Å². The summed E-state index contributed by atoms with van der Waals surface area (Å²) in [4.78, 5) is 39.4. The maximum absolute atomic E-state index is 13.1. The lowest BCUT2D eigenvalue weighted by Crippen LogP contribution is -2.26. The van der Waals surface area contributed by atoms with Crippen LogP contribution in [-0.2, 0) is 13.1 Å². The van der Waals surface area contributed by atoms with Crippen molar-refractivity contribution in [2.45, 2.75) is 20.0 Å². The fourth-order valence-corrected chi connectivity index (χ4v) is 4.06. The summed E-state index contributed by atoms with van der Waals surface area (Å²) in [5.41, 5.74) is 1.58. The van der Waals surface area contributed by atoms with Gasteiger partial charge in [-0.2, -0.15) is 0 Å². The molecule has 8 heteroatoms. The lowest BCUT2D eigenvalue weighted by Gasteiger charge is -2.17. The van der Waals surface area contributed by atoms with Crippen LogP contribution in [0.5, 0.6) is 5.75 Å². The lowest BCUT2D eigenvalue weighted by atomic mass is 10.1. The number of benzene rings is 2. The fraction of sp³-hybridized carbons (Fsp3) is 0.227. The Hall–Kier alpha value is -3.26. The molecular formula is C22H21FN2O4S. The second-order valence-corrected chi connectivity index (χ2v) is 7.74. The van der Waals surface area contributed by atoms with Gasteiger partial charge in [-0.25, -0.2) is 4.39 Å². The monoisotopic (exact) mass is 428 g/mol. The van der Waals surface area contributed by atoms with Crippen LogP contribution in [0.1, 0.15) is 31.3 Å². The van der Waals surface area contributed by atoms with E-state index in [1.54, 1.807) is 50.4 Å². The van der Waals surface area contributed by atoms with Gasteiger partial charge in [0, 0.05) is 19.3 Å². The van der Waals surface area contributed by atoms with E-state index in [-0.39, 0.29) is 40.3 Å². The highest BCUT2D eigenvalue weighted by Gasteiger charge is 2.23. The highest BCUT2D eigenvalue weighted by molar-refractivity contribution is 7.11. The third kappa shape index (κ3) is 4.49. The van der Waals surface area contributed by atoms with Crippen molar-refractivity contribution >= 4 is 23.0 Å². The number of amides is 1. The number of carbonyl (C=O) groups is 2. The maximum Gasteiger partial charge on any atom is 0.308 e. The number of Topliss-reactive ketones (excluding diaryl/α,β-unsaturated/α-hetero) is 1. The van der Waals surface area contributed by atoms with Crippen molar-refractivity contribution in [2.24, 2.45) is 0 Å². The zero-order valence-corrected chi connectivity index (χ0v) is 17.7. The number of rotatable bonds is 7. The average Bonchev–Trinajstić information content (AvgIpc) is 3.02. The van der Waals surface area contributed by atoms with Gasteiger partial charge in [-0.15, -0.1) is 0 Å². The van der Waals surface area contributed by atoms with Crippen molar-refractivity contribution in [3.63, 3.8) is 0 Å². The first-order valence-corrected chi connectivity index (χ1v) is 9.99. The summed E-state index contributed by atoms with van der Waals surface area (Å²) in [5, 5.41) is 0. The molecule has 0 saturated carbocycles. The van der Waals surface area contributed by atoms with Crippen LogP contribution in [-0.4, -0.2) is 35.3 Å². The topological polar surface area (TPSA) is 68.6 Å². The van der Waals surface area contributed by atoms with Gasteiger partial charge in [0.2, 0.25) is 0 Å². The number of halogens is 1. The first kappa shape index (κ1) is 21.4. The normalized spacial score (nSPS) is 10.7. The Bertz CT molecular complexity index is 1130. The quantitative estimate of drug-likeness (QED) is 0.540. The van der Waals surface area contributed by atoms with Gasteiger partial charge in [0.1, 0.15) is 16.4 Å². The van der Waals surface area contributed by atoms with Gasteiger partial charge in [-0.1, -0.05) is 35.6 Å². The van der Waals surface area contributed by atoms with Crippen molar-refractivity contribution in [1.82, 2.24) is 9.47 Å². The number of nitrogens with zero attached hydrogens (tertiary/aromatic N) is 2. The molecule has 0 fully saturated rings. The van der Waals surface area contributed by atoms with E-state index >= 15 is 0 Å². The molecule has 0 aliphatic rings. The summed E-state index contributed by atoms with van der Waals surface area (Å²) in [5.74, 6) is -0.533. The first-order chi connectivity index (χ1) is 14.3. The number of methoxy groups -OCH3 is 1. The number of aromatic nitrogens is 1. The smallest absolute Gasteiger partial charge is 0.308 e. The number of carbonyl (C=O) groups excluding carboxylic acids is 2. The van der Waals surface area contributed by atoms with E-state index in [0.29, 0.717) is 17.0 Å². The molecule has 6 nitrogen and oxygen atoms in total. The van der Waals surface area contributed by atoms with Crippen molar-refractivity contribution in [3.05, 3.63) is 85.7 Å². The van der Waals surface area contributed by atoms with E-state index in [0.717, 1.165) is 16.9 Å². The number of para-hydroxylation sites is 1. The molecule has 3 aromatic rings. The highest BCUT2D eigenvalue weighted by atomic mass is 32.1. The molecule has 0 aliphatic carbocycles. The highest BCUT2D eigenvalue weighted by Crippen LogP contribution is 2.20. The lowest BCUT2D eigenvalue weighted by molar-refractivity contribution is 0.0787. The van der Waals surface area contributed by atoms with E-state index in [1.807, 2.05) is 0 Å². The van der Waals surface area contributed by atoms with Crippen LogP contribution in [0, 0.1) is 12.7 Å². The van der Waals surface area contributed by atoms with Crippen molar-refractivity contribution < 1.29 is 18.7 Å². The zero-order valence-electron chi connectivity index (χ0n) is 16.8. The van der Waals surface area contributed by atoms with Gasteiger partial charge in [-0.3, -0.25) is 19.0 Å². The minimum Gasteiger partial charge on any atom is -0.496 e. The fourth-order valence-electron chi connectivity index (χ4n) is 3.07. The predicted molar refractivity (Wildman–Crippen MR) is 113 cm³/mol. The molecule has 1 heterocycles. The summed E-state index contributed by atoms with van der Waals surface area (Å²) < 4.78 is 19.6. The van der Waals surface area contributed by atoms with Gasteiger partial charge >= 0.3 is 4.87 Å². The van der Waals surface area contributed by atoms with Gasteiger partial charge in [0.15, 0.2) is 5.78 Å². The Morgan fingerprint density at radius 2 is 1.80 bits per heavy atom. The van der Waals surface area contributed by atoms with Crippen LogP contribution < -0.4 is 9.61 Å². The SMILES string of the molecule is COc1ccccc1C(=O)Cn1c(C)c(C(=O)N(C)Cc2ccc(F)cc2)sc1=O. The summed E-state index contributed by atoms with van der Waals surface area (Å²) in [7, 11) is 3.08. The van der Waals surface area contributed by atoms with E-state index in [9.17, 15) is 18.8 Å². The van der Waals surface area contributed by atoms with E-state index in [2.05, 4.69) is 0 Å². The molecule has 0 atom stereocenters. The van der Waals surface area contributed by atoms with Gasteiger partial charge in [0.25, 0.3) is 5.91 Å². The van der Waals surface area contributed by atoms with Crippen LogP contribution in [0.4, 0.5) is 4.39 Å². The van der Waals surface area contributed by atoms with Gasteiger partial charge < -0.3 is 9.64 Å². The van der Waals surface area contributed by atoms with Crippen LogP contribution in [0.15, 0.2) is 53.3 Å². The Kier molecular flexibility index (Phi) is 6.47. The third-order valence-electron chi connectivity index (χ3n) is 4.73. The van der Waals surface area contributed by atoms with E-state index in [4.69, 9.17) is 4.74 Å². The number of hydrogen-bond acceptors (Lipinski definition) is 5. The molecule has 0 bridgehead atoms. The molecule has 1 amide bonds. The molecule has 30 heavy (non-hydrogen) atoms. The molecular weight excluding hydrogens is 407 g/mol. The molecule has 156 valence electrons. The minimum absolute atomic E-state index is 0.184. The third-order valence-corrected chi connectivity index (χ3v) is 5.80. The molecule has 0 unspecified atom stereocenters. The van der Waals surface area contributed by atoms with Crippen molar-refractivity contribution in [1.29, 1.82) is 0 Å². The summed E-state index contributed by atoms with van der Waals surface area (Å²) in [6.45, 7) is 1.73. The Labute approximate surface area is 177 Å². The number of ketones is 1. The first-order valence-electron chi connectivity index (χ1n) is 9.18. The standard InChI is InChI=1S/C22H21FN2O4S/c1-14-20(21(27)24(2)12-15-8-10-16(23)11-9-15)30-22(28)25(14)13-18(26)17-6-4-5-7-19(17)29-3/h4-11H,12-13H2,1-3H3. The summed E-state index contributed by atoms with van der Waals surface area (Å²) >= 11 is 0.810. The minimum atomic E-state index is -0.380. The van der Waals surface area contributed by atoms with Crippen LogP contribution in [0.3, 0.4) is 0 Å². The summed E-state index contributed by atoms with van der Waals surface area (Å²) in [6, 6.07) is 12.7.